The number of nitrogens with zero attached hydrogens (tertiary/aromatic N) is 1. The van der Waals surface area contributed by atoms with Crippen molar-refractivity contribution in [2.24, 2.45) is 0 Å². The van der Waals surface area contributed by atoms with Crippen molar-refractivity contribution in [2.45, 2.75) is 19.4 Å². The summed E-state index contributed by atoms with van der Waals surface area (Å²) < 4.78 is 10.7. The average molecular weight is 340 g/mol. The lowest BCUT2D eigenvalue weighted by molar-refractivity contribution is -0.121. The van der Waals surface area contributed by atoms with Crippen molar-refractivity contribution in [3.8, 4) is 11.5 Å². The lowest BCUT2D eigenvalue weighted by atomic mass is 10.2. The fraction of sp³-hybridized carbons (Fsp3) is 0.263. The van der Waals surface area contributed by atoms with Gasteiger partial charge < -0.3 is 14.8 Å². The summed E-state index contributed by atoms with van der Waals surface area (Å²) in [6.45, 7) is 2.42. The number of benzene rings is 2. The van der Waals surface area contributed by atoms with Crippen molar-refractivity contribution in [3.63, 3.8) is 0 Å². The lowest BCUT2D eigenvalue weighted by Crippen LogP contribution is -2.34. The Morgan fingerprint density at radius 1 is 1.12 bits per heavy atom. The van der Waals surface area contributed by atoms with Crippen LogP contribution in [0.15, 0.2) is 48.5 Å². The maximum absolute atomic E-state index is 12.7. The van der Waals surface area contributed by atoms with Crippen molar-refractivity contribution in [1.82, 2.24) is 0 Å². The summed E-state index contributed by atoms with van der Waals surface area (Å²) in [6, 6.07) is 13.6. The molecule has 1 saturated heterocycles. The zero-order valence-electron chi connectivity index (χ0n) is 14.2. The standard InChI is InChI=1S/C19H20N2O4/c1-3-25-17-7-5-4-6-15(17)20-16-12-18(22)21(19(16)23)13-8-10-14(24-2)11-9-13/h4-11,16,20H,3,12H2,1-2H3/t16-/m0/s1. The molecule has 1 fully saturated rings. The molecule has 1 atom stereocenters. The first-order chi connectivity index (χ1) is 12.1. The van der Waals surface area contributed by atoms with Gasteiger partial charge in [-0.15, -0.1) is 0 Å². The first-order valence-corrected chi connectivity index (χ1v) is 8.13. The predicted octanol–water partition coefficient (Wildman–Crippen LogP) is 2.84. The molecule has 0 spiro atoms. The molecule has 2 aromatic carbocycles. The summed E-state index contributed by atoms with van der Waals surface area (Å²) in [5, 5.41) is 3.14. The van der Waals surface area contributed by atoms with Gasteiger partial charge in [0.25, 0.3) is 5.91 Å². The Hall–Kier alpha value is -3.02. The number of hydrogen-bond donors (Lipinski definition) is 1. The van der Waals surface area contributed by atoms with Gasteiger partial charge in [-0.3, -0.25) is 9.59 Å². The van der Waals surface area contributed by atoms with Crippen molar-refractivity contribution < 1.29 is 19.1 Å². The molecule has 3 rings (SSSR count). The molecule has 0 aliphatic carbocycles. The minimum atomic E-state index is -0.615. The maximum Gasteiger partial charge on any atom is 0.256 e. The average Bonchev–Trinajstić information content (AvgIpc) is 2.90. The van der Waals surface area contributed by atoms with Crippen LogP contribution in [0.5, 0.6) is 11.5 Å². The Balaban J connectivity index is 1.79. The normalized spacial score (nSPS) is 16.9. The smallest absolute Gasteiger partial charge is 0.256 e. The second kappa shape index (κ2) is 7.25. The van der Waals surface area contributed by atoms with E-state index in [-0.39, 0.29) is 18.2 Å². The zero-order valence-corrected chi connectivity index (χ0v) is 14.2. The van der Waals surface area contributed by atoms with E-state index in [0.717, 1.165) is 0 Å². The van der Waals surface area contributed by atoms with E-state index < -0.39 is 6.04 Å². The monoisotopic (exact) mass is 340 g/mol. The molecule has 1 aliphatic heterocycles. The van der Waals surface area contributed by atoms with E-state index in [9.17, 15) is 9.59 Å². The van der Waals surface area contributed by atoms with Crippen LogP contribution >= 0.6 is 0 Å². The number of anilines is 2. The summed E-state index contributed by atoms with van der Waals surface area (Å²) in [6.07, 6.45) is 0.103. The number of rotatable bonds is 6. The van der Waals surface area contributed by atoms with Crippen LogP contribution in [-0.4, -0.2) is 31.6 Å². The van der Waals surface area contributed by atoms with Gasteiger partial charge in [0, 0.05) is 0 Å². The molecule has 0 bridgehead atoms. The van der Waals surface area contributed by atoms with Gasteiger partial charge in [-0.2, -0.15) is 0 Å². The number of carbonyl (C=O) groups is 2. The molecule has 25 heavy (non-hydrogen) atoms. The largest absolute Gasteiger partial charge is 0.497 e. The van der Waals surface area contributed by atoms with E-state index in [1.807, 2.05) is 31.2 Å². The molecule has 0 unspecified atom stereocenters. The minimum absolute atomic E-state index is 0.103. The zero-order chi connectivity index (χ0) is 17.8. The molecule has 1 heterocycles. The summed E-state index contributed by atoms with van der Waals surface area (Å²) in [5.74, 6) is 0.819. The third-order valence-corrected chi connectivity index (χ3v) is 3.99. The number of nitrogens with one attached hydrogen (secondary N) is 1. The second-order valence-corrected chi connectivity index (χ2v) is 5.60. The highest BCUT2D eigenvalue weighted by atomic mass is 16.5. The van der Waals surface area contributed by atoms with Crippen molar-refractivity contribution in [1.29, 1.82) is 0 Å². The van der Waals surface area contributed by atoms with E-state index in [0.29, 0.717) is 29.5 Å². The van der Waals surface area contributed by atoms with Gasteiger partial charge in [-0.05, 0) is 43.3 Å². The van der Waals surface area contributed by atoms with Gasteiger partial charge >= 0.3 is 0 Å². The fourth-order valence-corrected chi connectivity index (χ4v) is 2.80. The molecule has 1 aliphatic rings. The number of methoxy groups -OCH3 is 1. The Bertz CT molecular complexity index is 773. The number of ether oxygens (including phenoxy) is 2. The number of hydrogen-bond acceptors (Lipinski definition) is 5. The Morgan fingerprint density at radius 2 is 1.84 bits per heavy atom. The van der Waals surface area contributed by atoms with Crippen molar-refractivity contribution in [3.05, 3.63) is 48.5 Å². The number of amides is 2. The van der Waals surface area contributed by atoms with Crippen LogP contribution in [0, 0.1) is 0 Å². The van der Waals surface area contributed by atoms with Crippen LogP contribution in [-0.2, 0) is 9.59 Å². The first kappa shape index (κ1) is 16.8. The Kier molecular flexibility index (Phi) is 4.88. The molecular formula is C19H20N2O4. The topological polar surface area (TPSA) is 67.9 Å². The summed E-state index contributed by atoms with van der Waals surface area (Å²) in [7, 11) is 1.57. The van der Waals surface area contributed by atoms with E-state index in [4.69, 9.17) is 9.47 Å². The molecule has 0 aromatic heterocycles. The first-order valence-electron chi connectivity index (χ1n) is 8.13. The Morgan fingerprint density at radius 3 is 2.52 bits per heavy atom. The van der Waals surface area contributed by atoms with Crippen molar-refractivity contribution in [2.75, 3.05) is 23.9 Å². The van der Waals surface area contributed by atoms with Gasteiger partial charge in [0.2, 0.25) is 5.91 Å². The highest BCUT2D eigenvalue weighted by Gasteiger charge is 2.39. The summed E-state index contributed by atoms with van der Waals surface area (Å²) >= 11 is 0. The van der Waals surface area contributed by atoms with E-state index in [1.54, 1.807) is 31.4 Å². The molecule has 2 aromatic rings. The number of imide groups is 1. The number of para-hydroxylation sites is 2. The molecule has 2 amide bonds. The van der Waals surface area contributed by atoms with Crippen molar-refractivity contribution >= 4 is 23.2 Å². The van der Waals surface area contributed by atoms with Gasteiger partial charge in [0.1, 0.15) is 17.5 Å². The molecule has 6 nitrogen and oxygen atoms in total. The van der Waals surface area contributed by atoms with E-state index >= 15 is 0 Å². The molecule has 1 N–H and O–H groups in total. The minimum Gasteiger partial charge on any atom is -0.497 e. The third-order valence-electron chi connectivity index (χ3n) is 3.99. The van der Waals surface area contributed by atoms with E-state index in [2.05, 4.69) is 5.32 Å². The van der Waals surface area contributed by atoms with Crippen LogP contribution in [0.1, 0.15) is 13.3 Å². The Labute approximate surface area is 146 Å². The summed E-state index contributed by atoms with van der Waals surface area (Å²) in [4.78, 5) is 26.3. The SMILES string of the molecule is CCOc1ccccc1N[C@H]1CC(=O)N(c2ccc(OC)cc2)C1=O. The van der Waals surface area contributed by atoms with E-state index in [1.165, 1.54) is 4.90 Å². The highest BCUT2D eigenvalue weighted by molar-refractivity contribution is 6.23. The third kappa shape index (κ3) is 3.42. The second-order valence-electron chi connectivity index (χ2n) is 5.60. The quantitative estimate of drug-likeness (QED) is 0.819. The molecular weight excluding hydrogens is 320 g/mol. The van der Waals surface area contributed by atoms with Gasteiger partial charge in [0.05, 0.1) is 31.5 Å². The van der Waals surface area contributed by atoms with Gasteiger partial charge in [-0.1, -0.05) is 12.1 Å². The molecule has 130 valence electrons. The van der Waals surface area contributed by atoms with Gasteiger partial charge in [0.15, 0.2) is 0 Å². The predicted molar refractivity (Wildman–Crippen MR) is 95.1 cm³/mol. The van der Waals surface area contributed by atoms with Crippen LogP contribution in [0.2, 0.25) is 0 Å². The van der Waals surface area contributed by atoms with Crippen LogP contribution in [0.3, 0.4) is 0 Å². The van der Waals surface area contributed by atoms with Gasteiger partial charge in [-0.25, -0.2) is 4.90 Å². The summed E-state index contributed by atoms with van der Waals surface area (Å²) in [5.41, 5.74) is 1.24. The molecule has 0 radical (unpaired) electrons. The van der Waals surface area contributed by atoms with Crippen LogP contribution < -0.4 is 19.7 Å². The van der Waals surface area contributed by atoms with Crippen LogP contribution in [0.25, 0.3) is 0 Å². The number of carbonyl (C=O) groups excluding carboxylic acids is 2. The highest BCUT2D eigenvalue weighted by Crippen LogP contribution is 2.29. The molecule has 0 saturated carbocycles. The maximum atomic E-state index is 12.7. The fourth-order valence-electron chi connectivity index (χ4n) is 2.80. The van der Waals surface area contributed by atoms with Crippen LogP contribution in [0.4, 0.5) is 11.4 Å². The lowest BCUT2D eigenvalue weighted by Gasteiger charge is -2.18. The molecule has 6 heteroatoms.